The van der Waals surface area contributed by atoms with E-state index in [1.54, 1.807) is 0 Å². The van der Waals surface area contributed by atoms with Crippen molar-refractivity contribution < 1.29 is 25.9 Å². The zero-order chi connectivity index (χ0) is 27.3. The maximum atomic E-state index is 12.9. The topological polar surface area (TPSA) is 134 Å². The lowest BCUT2D eigenvalue weighted by Crippen LogP contribution is -2.69. The smallest absolute Gasteiger partial charge is 0.278 e. The average molecular weight is 514 g/mol. The number of carbonyl (C=O) groups is 3. The number of amides is 3. The van der Waals surface area contributed by atoms with Gasteiger partial charge in [-0.2, -0.15) is 0 Å². The largest absolute Gasteiger partial charge is 0.351 e. The van der Waals surface area contributed by atoms with Crippen molar-refractivity contribution >= 4 is 17.7 Å². The Morgan fingerprint density at radius 3 is 1.42 bits per heavy atom. The first-order chi connectivity index (χ1) is 17.1. The maximum Gasteiger partial charge on any atom is 0.278 e. The van der Waals surface area contributed by atoms with Gasteiger partial charge in [-0.15, -0.1) is 0 Å². The van der Waals surface area contributed by atoms with E-state index in [1.807, 2.05) is 32.6 Å². The Bertz CT molecular complexity index is 564. The van der Waals surface area contributed by atoms with Gasteiger partial charge in [0.1, 0.15) is 0 Å². The summed E-state index contributed by atoms with van der Waals surface area (Å²) in [5, 5.41) is 5.89. The molecule has 36 heavy (non-hydrogen) atoms. The van der Waals surface area contributed by atoms with Gasteiger partial charge in [0.25, 0.3) is 11.8 Å². The fourth-order valence-corrected chi connectivity index (χ4v) is 3.94. The number of nitrogens with zero attached hydrogens (tertiary/aromatic N) is 1. The SMILES string of the molecule is CCCCCCCCCCCC(=O)N(CCCNC(=O)[C@@H]([NH3+])C(C)C)CCCNC(=O)[C@@H]([NH3+])C(C)C. The first kappa shape index (κ1) is 34.3. The van der Waals surface area contributed by atoms with Crippen LogP contribution in [0.4, 0.5) is 0 Å². The van der Waals surface area contributed by atoms with Gasteiger partial charge in [0, 0.05) is 44.4 Å². The monoisotopic (exact) mass is 513 g/mol. The van der Waals surface area contributed by atoms with Gasteiger partial charge in [-0.1, -0.05) is 86.0 Å². The van der Waals surface area contributed by atoms with Crippen LogP contribution < -0.4 is 22.1 Å². The van der Waals surface area contributed by atoms with Crippen molar-refractivity contribution in [3.63, 3.8) is 0 Å². The molecule has 0 aromatic rings. The van der Waals surface area contributed by atoms with Crippen LogP contribution in [0.25, 0.3) is 0 Å². The molecule has 8 N–H and O–H groups in total. The Kier molecular flexibility index (Phi) is 20.4. The summed E-state index contributed by atoms with van der Waals surface area (Å²) < 4.78 is 0. The molecule has 3 amide bonds. The van der Waals surface area contributed by atoms with Gasteiger partial charge >= 0.3 is 0 Å². The molecule has 8 heteroatoms. The van der Waals surface area contributed by atoms with Crippen molar-refractivity contribution in [3.05, 3.63) is 0 Å². The van der Waals surface area contributed by atoms with Crippen molar-refractivity contribution in [2.24, 2.45) is 11.8 Å². The number of hydrogen-bond acceptors (Lipinski definition) is 3. The van der Waals surface area contributed by atoms with Gasteiger partial charge in [-0.3, -0.25) is 14.4 Å². The molecule has 0 aliphatic carbocycles. The van der Waals surface area contributed by atoms with Crippen LogP contribution >= 0.6 is 0 Å². The van der Waals surface area contributed by atoms with Crippen LogP contribution in [-0.2, 0) is 14.4 Å². The number of unbranched alkanes of at least 4 members (excludes halogenated alkanes) is 8. The molecule has 0 bridgehead atoms. The van der Waals surface area contributed by atoms with Gasteiger partial charge in [0.05, 0.1) is 0 Å². The van der Waals surface area contributed by atoms with Crippen molar-refractivity contribution in [2.75, 3.05) is 26.2 Å². The molecule has 0 saturated heterocycles. The number of carbonyl (C=O) groups excluding carboxylic acids is 3. The molecule has 0 spiro atoms. The van der Waals surface area contributed by atoms with Crippen LogP contribution in [0.2, 0.25) is 0 Å². The van der Waals surface area contributed by atoms with Crippen molar-refractivity contribution in [3.8, 4) is 0 Å². The summed E-state index contributed by atoms with van der Waals surface area (Å²) in [5.74, 6) is 0.498. The fraction of sp³-hybridized carbons (Fsp3) is 0.893. The molecule has 8 nitrogen and oxygen atoms in total. The Balaban J connectivity index is 4.46. The molecule has 0 aromatic heterocycles. The molecule has 0 radical (unpaired) electrons. The fourth-order valence-electron chi connectivity index (χ4n) is 3.94. The van der Waals surface area contributed by atoms with Crippen molar-refractivity contribution in [1.29, 1.82) is 0 Å². The second kappa shape index (κ2) is 21.4. The number of rotatable bonds is 22. The van der Waals surface area contributed by atoms with E-state index >= 15 is 0 Å². The van der Waals surface area contributed by atoms with Crippen LogP contribution in [0.1, 0.15) is 112 Å². The molecule has 0 fully saturated rings. The Labute approximate surface area is 221 Å². The zero-order valence-corrected chi connectivity index (χ0v) is 24.2. The average Bonchev–Trinajstić information content (AvgIpc) is 2.84. The molecule has 0 aliphatic heterocycles. The molecular formula is C28H59N5O3+2. The summed E-state index contributed by atoms with van der Waals surface area (Å²) in [7, 11) is 0. The summed E-state index contributed by atoms with van der Waals surface area (Å²) in [6.07, 6.45) is 13.0. The van der Waals surface area contributed by atoms with Gasteiger partial charge in [0.15, 0.2) is 12.1 Å². The van der Waals surface area contributed by atoms with E-state index < -0.39 is 0 Å². The lowest BCUT2D eigenvalue weighted by atomic mass is 10.1. The van der Waals surface area contributed by atoms with Gasteiger partial charge < -0.3 is 27.0 Å². The van der Waals surface area contributed by atoms with Gasteiger partial charge in [-0.05, 0) is 19.3 Å². The summed E-state index contributed by atoms with van der Waals surface area (Å²) in [5.41, 5.74) is 7.85. The third kappa shape index (κ3) is 16.9. The standard InChI is InChI=1S/C28H57N5O3/c1-6-7-8-9-10-11-12-13-14-17-24(34)33(20-15-18-31-27(35)25(29)22(2)3)21-16-19-32-28(36)26(30)23(4)5/h22-23,25-26H,6-21,29-30H2,1-5H3,(H,31,35)(H,32,36)/p+2/t25-,26-/m0/s1. The molecule has 2 atom stereocenters. The molecule has 0 rings (SSSR count). The maximum absolute atomic E-state index is 12.9. The molecule has 0 saturated carbocycles. The first-order valence-corrected chi connectivity index (χ1v) is 14.6. The molecule has 0 aromatic carbocycles. The Hall–Kier alpha value is -1.67. The van der Waals surface area contributed by atoms with Crippen LogP contribution in [-0.4, -0.2) is 60.9 Å². The minimum Gasteiger partial charge on any atom is -0.351 e. The highest BCUT2D eigenvalue weighted by Crippen LogP contribution is 2.11. The Morgan fingerprint density at radius 1 is 0.639 bits per heavy atom. The van der Waals surface area contributed by atoms with Gasteiger partial charge in [-0.25, -0.2) is 0 Å². The van der Waals surface area contributed by atoms with Crippen LogP contribution in [0.15, 0.2) is 0 Å². The minimum atomic E-state index is -0.263. The van der Waals surface area contributed by atoms with E-state index in [9.17, 15) is 14.4 Å². The highest BCUT2D eigenvalue weighted by Gasteiger charge is 2.22. The summed E-state index contributed by atoms with van der Waals surface area (Å²) in [6, 6.07) is -0.526. The molecular weight excluding hydrogens is 454 g/mol. The first-order valence-electron chi connectivity index (χ1n) is 14.6. The predicted octanol–water partition coefficient (Wildman–Crippen LogP) is 2.28. The summed E-state index contributed by atoms with van der Waals surface area (Å²) in [4.78, 5) is 39.1. The van der Waals surface area contributed by atoms with E-state index in [0.29, 0.717) is 45.4 Å². The third-order valence-corrected chi connectivity index (χ3v) is 6.94. The van der Waals surface area contributed by atoms with Crippen LogP contribution in [0.3, 0.4) is 0 Å². The predicted molar refractivity (Wildman–Crippen MR) is 147 cm³/mol. The van der Waals surface area contributed by atoms with E-state index in [2.05, 4.69) is 29.0 Å². The molecule has 212 valence electrons. The summed E-state index contributed by atoms with van der Waals surface area (Å²) in [6.45, 7) is 12.5. The Morgan fingerprint density at radius 2 is 1.03 bits per heavy atom. The van der Waals surface area contributed by atoms with E-state index in [1.165, 1.54) is 44.9 Å². The van der Waals surface area contributed by atoms with Crippen molar-refractivity contribution in [1.82, 2.24) is 15.5 Å². The van der Waals surface area contributed by atoms with Gasteiger partial charge in [0.2, 0.25) is 5.91 Å². The van der Waals surface area contributed by atoms with Crippen molar-refractivity contribution in [2.45, 2.75) is 124 Å². The normalized spacial score (nSPS) is 13.0. The quantitative estimate of drug-likeness (QED) is 0.165. The van der Waals surface area contributed by atoms with E-state index in [4.69, 9.17) is 0 Å². The molecule has 0 aliphatic rings. The number of hydrogen-bond donors (Lipinski definition) is 4. The number of nitrogens with one attached hydrogen (secondary N) is 2. The molecule has 0 unspecified atom stereocenters. The van der Waals surface area contributed by atoms with Crippen LogP contribution in [0, 0.1) is 11.8 Å². The number of quaternary nitrogens is 2. The molecule has 0 heterocycles. The second-order valence-electron chi connectivity index (χ2n) is 10.9. The minimum absolute atomic E-state index is 0.0341. The lowest BCUT2D eigenvalue weighted by Gasteiger charge is -2.23. The van der Waals surface area contributed by atoms with Crippen LogP contribution in [0.5, 0.6) is 0 Å². The second-order valence-corrected chi connectivity index (χ2v) is 10.9. The third-order valence-electron chi connectivity index (χ3n) is 6.94. The lowest BCUT2D eigenvalue weighted by molar-refractivity contribution is -0.414. The zero-order valence-electron chi connectivity index (χ0n) is 24.2. The van der Waals surface area contributed by atoms with E-state index in [-0.39, 0.29) is 41.6 Å². The summed E-state index contributed by atoms with van der Waals surface area (Å²) >= 11 is 0. The highest BCUT2D eigenvalue weighted by molar-refractivity contribution is 5.80. The van der Waals surface area contributed by atoms with E-state index in [0.717, 1.165) is 12.8 Å². The highest BCUT2D eigenvalue weighted by atomic mass is 16.2.